The zero-order chi connectivity index (χ0) is 20.6. The van der Waals surface area contributed by atoms with E-state index in [4.69, 9.17) is 4.74 Å². The number of halogens is 2. The molecule has 0 atom stereocenters. The molecule has 0 saturated heterocycles. The van der Waals surface area contributed by atoms with Crippen molar-refractivity contribution >= 4 is 16.7 Å². The minimum atomic E-state index is -3.45. The predicted octanol–water partition coefficient (Wildman–Crippen LogP) is 3.79. The van der Waals surface area contributed by atoms with E-state index in [1.807, 2.05) is 30.3 Å². The van der Waals surface area contributed by atoms with Gasteiger partial charge in [0.15, 0.2) is 0 Å². The van der Waals surface area contributed by atoms with E-state index in [0.717, 1.165) is 10.1 Å². The molecule has 0 amide bonds. The number of hydrogen-bond acceptors (Lipinski definition) is 6. The number of ether oxygens (including phenoxy) is 1. The van der Waals surface area contributed by atoms with Crippen molar-refractivity contribution in [2.75, 3.05) is 0 Å². The highest BCUT2D eigenvalue weighted by Gasteiger charge is 2.40. The van der Waals surface area contributed by atoms with E-state index < -0.39 is 11.7 Å². The summed E-state index contributed by atoms with van der Waals surface area (Å²) >= 11 is 0. The highest BCUT2D eigenvalue weighted by Crippen LogP contribution is 2.35. The van der Waals surface area contributed by atoms with Crippen molar-refractivity contribution < 1.29 is 13.5 Å². The molecule has 3 heterocycles. The Kier molecular flexibility index (Phi) is 4.27. The van der Waals surface area contributed by atoms with E-state index in [0.29, 0.717) is 10.9 Å². The van der Waals surface area contributed by atoms with Gasteiger partial charge in [-0.1, -0.05) is 42.5 Å². The lowest BCUT2D eigenvalue weighted by molar-refractivity contribution is 0.0305. The van der Waals surface area contributed by atoms with Gasteiger partial charge in [0.1, 0.15) is 6.61 Å². The van der Waals surface area contributed by atoms with Crippen LogP contribution in [0.4, 0.5) is 8.78 Å². The van der Waals surface area contributed by atoms with Crippen molar-refractivity contribution in [3.05, 3.63) is 90.0 Å². The van der Waals surface area contributed by atoms with Gasteiger partial charge in [0.25, 0.3) is 11.7 Å². The Hall–Kier alpha value is -4.01. The maximum Gasteiger partial charge on any atom is 0.333 e. The highest BCUT2D eigenvalue weighted by molar-refractivity contribution is 5.79. The number of hydrogen-bond donors (Lipinski definition) is 0. The minimum Gasteiger partial charge on any atom is -0.471 e. The Balaban J connectivity index is 1.50. The summed E-state index contributed by atoms with van der Waals surface area (Å²) < 4.78 is 37.1. The quantitative estimate of drug-likeness (QED) is 0.444. The molecule has 0 radical (unpaired) electrons. The molecule has 0 saturated carbocycles. The van der Waals surface area contributed by atoms with Crippen molar-refractivity contribution in [1.82, 2.24) is 29.8 Å². The zero-order valence-electron chi connectivity index (χ0n) is 15.5. The maximum atomic E-state index is 15.3. The van der Waals surface area contributed by atoms with Gasteiger partial charge in [-0.05, 0) is 23.8 Å². The van der Waals surface area contributed by atoms with Gasteiger partial charge in [-0.25, -0.2) is 4.98 Å². The molecular weight excluding hydrogens is 390 g/mol. The fourth-order valence-electron chi connectivity index (χ4n) is 3.07. The highest BCUT2D eigenvalue weighted by atomic mass is 19.3. The smallest absolute Gasteiger partial charge is 0.333 e. The van der Waals surface area contributed by atoms with Crippen LogP contribution in [0.25, 0.3) is 16.7 Å². The Morgan fingerprint density at radius 2 is 1.80 bits per heavy atom. The number of rotatable bonds is 5. The molecule has 30 heavy (non-hydrogen) atoms. The third-order valence-electron chi connectivity index (χ3n) is 4.59. The number of fused-ring (bicyclic) bond motifs is 2. The number of benzene rings is 2. The topological polar surface area (TPSA) is 78.1 Å². The summed E-state index contributed by atoms with van der Waals surface area (Å²) in [7, 11) is 0. The first-order chi connectivity index (χ1) is 14.6. The van der Waals surface area contributed by atoms with Crippen molar-refractivity contribution in [1.29, 1.82) is 0 Å². The van der Waals surface area contributed by atoms with Crippen molar-refractivity contribution in [3.63, 3.8) is 0 Å². The van der Waals surface area contributed by atoms with Gasteiger partial charge in [0.05, 0.1) is 11.7 Å². The lowest BCUT2D eigenvalue weighted by Crippen LogP contribution is -2.20. The van der Waals surface area contributed by atoms with Crippen molar-refractivity contribution in [2.24, 2.45) is 0 Å². The summed E-state index contributed by atoms with van der Waals surface area (Å²) in [6, 6.07) is 17.1. The lowest BCUT2D eigenvalue weighted by Gasteiger charge is -2.15. The average molecular weight is 404 g/mol. The number of aromatic nitrogens is 6. The van der Waals surface area contributed by atoms with E-state index in [2.05, 4.69) is 25.3 Å². The molecule has 0 N–H and O–H groups in total. The summed E-state index contributed by atoms with van der Waals surface area (Å²) in [5, 5.41) is 12.1. The fraction of sp³-hybridized carbons (Fsp3) is 0.0952. The monoisotopic (exact) mass is 404 g/mol. The number of pyridine rings is 1. The Labute approximate surface area is 169 Å². The van der Waals surface area contributed by atoms with Gasteiger partial charge < -0.3 is 4.74 Å². The first kappa shape index (κ1) is 18.0. The van der Waals surface area contributed by atoms with Crippen LogP contribution < -0.4 is 4.74 Å². The van der Waals surface area contributed by atoms with Crippen LogP contribution in [0.2, 0.25) is 0 Å². The van der Waals surface area contributed by atoms with Gasteiger partial charge in [-0.15, -0.1) is 15.3 Å². The van der Waals surface area contributed by atoms with E-state index >= 15 is 8.78 Å². The minimum absolute atomic E-state index is 0.0424. The van der Waals surface area contributed by atoms with Gasteiger partial charge in [0, 0.05) is 17.1 Å². The summed E-state index contributed by atoms with van der Waals surface area (Å²) in [6.07, 6.45) is 2.94. The molecule has 2 aromatic carbocycles. The first-order valence-electron chi connectivity index (χ1n) is 9.10. The van der Waals surface area contributed by atoms with Crippen LogP contribution >= 0.6 is 0 Å². The third kappa shape index (κ3) is 3.20. The van der Waals surface area contributed by atoms with Crippen LogP contribution in [0.3, 0.4) is 0 Å². The molecular formula is C21H14F2N6O. The van der Waals surface area contributed by atoms with Crippen LogP contribution in [-0.2, 0) is 12.5 Å². The molecule has 0 unspecified atom stereocenters. The predicted molar refractivity (Wildman–Crippen MR) is 104 cm³/mol. The maximum absolute atomic E-state index is 15.3. The molecule has 148 valence electrons. The molecule has 5 aromatic rings. The summed E-state index contributed by atoms with van der Waals surface area (Å²) in [4.78, 5) is 8.19. The van der Waals surface area contributed by atoms with Crippen molar-refractivity contribution in [3.8, 4) is 5.88 Å². The second-order valence-electron chi connectivity index (χ2n) is 6.59. The normalized spacial score (nSPS) is 11.8. The molecule has 3 aromatic heterocycles. The zero-order valence-corrected chi connectivity index (χ0v) is 15.5. The van der Waals surface area contributed by atoms with E-state index in [-0.39, 0.29) is 23.8 Å². The number of nitrogens with zero attached hydrogens (tertiary/aromatic N) is 6. The Morgan fingerprint density at radius 1 is 0.933 bits per heavy atom. The van der Waals surface area contributed by atoms with Gasteiger partial charge >= 0.3 is 5.92 Å². The van der Waals surface area contributed by atoms with Crippen LogP contribution in [0, 0.1) is 0 Å². The summed E-state index contributed by atoms with van der Waals surface area (Å²) in [5.41, 5.74) is 1.30. The number of alkyl halides is 2. The molecule has 0 bridgehead atoms. The molecule has 7 nitrogen and oxygen atoms in total. The molecule has 0 aliphatic carbocycles. The molecule has 9 heteroatoms. The molecule has 0 fully saturated rings. The van der Waals surface area contributed by atoms with Crippen LogP contribution in [0.1, 0.15) is 17.0 Å². The van der Waals surface area contributed by atoms with E-state index in [1.54, 1.807) is 24.4 Å². The van der Waals surface area contributed by atoms with Crippen molar-refractivity contribution in [2.45, 2.75) is 12.5 Å². The lowest BCUT2D eigenvalue weighted by atomic mass is 10.0. The standard InChI is InChI=1S/C21H14F2N6O/c22-21(23,16-8-9-17-15(11-16)7-4-10-24-17)19-26-27-20-25-12-18(28-29(19)20)30-13-14-5-2-1-3-6-14/h1-12H,13H2. The fourth-order valence-corrected chi connectivity index (χ4v) is 3.07. The Bertz CT molecular complexity index is 1340. The Morgan fingerprint density at radius 3 is 2.67 bits per heavy atom. The first-order valence-corrected chi connectivity index (χ1v) is 9.10. The van der Waals surface area contributed by atoms with Crippen LogP contribution in [0.5, 0.6) is 5.88 Å². The molecule has 0 aliphatic rings. The largest absolute Gasteiger partial charge is 0.471 e. The van der Waals surface area contributed by atoms with Crippen LogP contribution in [-0.4, -0.2) is 29.8 Å². The van der Waals surface area contributed by atoms with Crippen LogP contribution in [0.15, 0.2) is 73.1 Å². The third-order valence-corrected chi connectivity index (χ3v) is 4.59. The molecule has 0 spiro atoms. The molecule has 0 aliphatic heterocycles. The van der Waals surface area contributed by atoms with E-state index in [1.165, 1.54) is 18.3 Å². The summed E-state index contributed by atoms with van der Waals surface area (Å²) in [5.74, 6) is -4.04. The average Bonchev–Trinajstić information content (AvgIpc) is 3.22. The van der Waals surface area contributed by atoms with Gasteiger partial charge in [0.2, 0.25) is 5.82 Å². The second-order valence-corrected chi connectivity index (χ2v) is 6.59. The summed E-state index contributed by atoms with van der Waals surface area (Å²) in [6.45, 7) is 0.229. The second kappa shape index (κ2) is 7.11. The van der Waals surface area contributed by atoms with Gasteiger partial charge in [-0.3, -0.25) is 4.98 Å². The van der Waals surface area contributed by atoms with Gasteiger partial charge in [-0.2, -0.15) is 13.3 Å². The molecule has 5 rings (SSSR count). The SMILES string of the molecule is FC(F)(c1ccc2ncccc2c1)c1nnc2ncc(OCc3ccccc3)nn12. The van der Waals surface area contributed by atoms with E-state index in [9.17, 15) is 0 Å².